The van der Waals surface area contributed by atoms with Crippen LogP contribution in [0, 0.1) is 0 Å². The summed E-state index contributed by atoms with van der Waals surface area (Å²) in [4.78, 5) is 4.39. The fourth-order valence-corrected chi connectivity index (χ4v) is 3.68. The number of hydrogen-bond acceptors (Lipinski definition) is 4. The first kappa shape index (κ1) is 15.0. The molecule has 0 spiro atoms. The van der Waals surface area contributed by atoms with E-state index in [1.807, 2.05) is 6.07 Å². The van der Waals surface area contributed by atoms with E-state index in [-0.39, 0.29) is 6.54 Å². The molecule has 1 aliphatic carbocycles. The average molecular weight is 318 g/mol. The van der Waals surface area contributed by atoms with Crippen molar-refractivity contribution in [2.75, 3.05) is 7.11 Å². The molecule has 0 aliphatic heterocycles. The van der Waals surface area contributed by atoms with E-state index in [1.54, 1.807) is 37.6 Å². The van der Waals surface area contributed by atoms with Gasteiger partial charge in [-0.3, -0.25) is 0 Å². The lowest BCUT2D eigenvalue weighted by Crippen LogP contribution is -2.23. The number of pyridine rings is 1. The van der Waals surface area contributed by atoms with Crippen LogP contribution in [-0.2, 0) is 29.4 Å². The number of aryl methyl sites for hydroxylation is 2. The van der Waals surface area contributed by atoms with Gasteiger partial charge in [-0.15, -0.1) is 0 Å². The van der Waals surface area contributed by atoms with Gasteiger partial charge in [0, 0.05) is 18.8 Å². The molecule has 1 aliphatic rings. The topological polar surface area (TPSA) is 68.3 Å². The van der Waals surface area contributed by atoms with Crippen molar-refractivity contribution in [2.45, 2.75) is 30.7 Å². The van der Waals surface area contributed by atoms with Crippen LogP contribution in [0.1, 0.15) is 23.1 Å². The Morgan fingerprint density at radius 2 is 2.00 bits per heavy atom. The van der Waals surface area contributed by atoms with Crippen LogP contribution < -0.4 is 9.46 Å². The maximum atomic E-state index is 12.4. The molecule has 0 amide bonds. The summed E-state index contributed by atoms with van der Waals surface area (Å²) in [5, 5.41) is 0. The molecule has 1 aromatic heterocycles. The Bertz CT molecular complexity index is 770. The molecule has 22 heavy (non-hydrogen) atoms. The Labute approximate surface area is 130 Å². The molecule has 0 bridgehead atoms. The van der Waals surface area contributed by atoms with Crippen LogP contribution in [0.25, 0.3) is 0 Å². The highest BCUT2D eigenvalue weighted by Crippen LogP contribution is 2.24. The molecule has 6 heteroatoms. The molecule has 1 N–H and O–H groups in total. The summed E-state index contributed by atoms with van der Waals surface area (Å²) >= 11 is 0. The van der Waals surface area contributed by atoms with Crippen LogP contribution in [0.4, 0.5) is 0 Å². The number of methoxy groups -OCH3 is 1. The Morgan fingerprint density at radius 1 is 1.18 bits per heavy atom. The quantitative estimate of drug-likeness (QED) is 0.916. The van der Waals surface area contributed by atoms with E-state index in [0.29, 0.717) is 10.8 Å². The summed E-state index contributed by atoms with van der Waals surface area (Å²) in [7, 11) is -1.96. The fraction of sp³-hybridized carbons (Fsp3) is 0.312. The lowest BCUT2D eigenvalue weighted by atomic mass is 10.1. The van der Waals surface area contributed by atoms with Gasteiger partial charge in [-0.05, 0) is 48.1 Å². The van der Waals surface area contributed by atoms with Gasteiger partial charge in [0.05, 0.1) is 12.0 Å². The van der Waals surface area contributed by atoms with Gasteiger partial charge in [0.25, 0.3) is 0 Å². The molecule has 1 heterocycles. The third kappa shape index (κ3) is 3.13. The molecule has 3 rings (SSSR count). The van der Waals surface area contributed by atoms with E-state index in [4.69, 9.17) is 4.74 Å². The summed E-state index contributed by atoms with van der Waals surface area (Å²) in [6.45, 7) is 0.205. The predicted molar refractivity (Wildman–Crippen MR) is 83.3 cm³/mol. The normalized spacial score (nSPS) is 13.9. The molecule has 116 valence electrons. The Balaban J connectivity index is 1.73. The number of sulfonamides is 1. The van der Waals surface area contributed by atoms with Crippen LogP contribution in [0.15, 0.2) is 41.4 Å². The van der Waals surface area contributed by atoms with Gasteiger partial charge >= 0.3 is 0 Å². The number of ether oxygens (including phenoxy) is 1. The van der Waals surface area contributed by atoms with Crippen molar-refractivity contribution in [1.82, 2.24) is 9.71 Å². The first-order valence-electron chi connectivity index (χ1n) is 7.19. The molecule has 2 aromatic rings. The highest BCUT2D eigenvalue weighted by atomic mass is 32.2. The van der Waals surface area contributed by atoms with E-state index in [1.165, 1.54) is 5.56 Å². The number of nitrogens with zero attached hydrogens (tertiary/aromatic N) is 1. The van der Waals surface area contributed by atoms with Crippen molar-refractivity contribution < 1.29 is 13.2 Å². The van der Waals surface area contributed by atoms with E-state index in [9.17, 15) is 8.42 Å². The van der Waals surface area contributed by atoms with Crippen LogP contribution in [-0.4, -0.2) is 20.5 Å². The molecule has 0 unspecified atom stereocenters. The summed E-state index contributed by atoms with van der Waals surface area (Å²) in [5.41, 5.74) is 3.19. The van der Waals surface area contributed by atoms with Crippen molar-refractivity contribution in [3.63, 3.8) is 0 Å². The number of fused-ring (bicyclic) bond motifs is 1. The first-order valence-corrected chi connectivity index (χ1v) is 8.67. The maximum Gasteiger partial charge on any atom is 0.240 e. The fourth-order valence-electron chi connectivity index (χ4n) is 2.61. The minimum absolute atomic E-state index is 0.205. The van der Waals surface area contributed by atoms with Crippen molar-refractivity contribution in [3.8, 4) is 5.88 Å². The van der Waals surface area contributed by atoms with Gasteiger partial charge in [-0.2, -0.15) is 0 Å². The number of benzene rings is 1. The molecule has 0 atom stereocenters. The van der Waals surface area contributed by atoms with Crippen LogP contribution in [0.5, 0.6) is 5.88 Å². The smallest absolute Gasteiger partial charge is 0.240 e. The summed E-state index contributed by atoms with van der Waals surface area (Å²) in [6, 6.07) is 8.89. The Hall–Kier alpha value is -1.92. The minimum Gasteiger partial charge on any atom is -0.481 e. The predicted octanol–water partition coefficient (Wildman–Crippen LogP) is 2.06. The molecular formula is C16H18N2O3S. The Kier molecular flexibility index (Phi) is 4.13. The first-order chi connectivity index (χ1) is 10.6. The highest BCUT2D eigenvalue weighted by molar-refractivity contribution is 7.89. The molecule has 0 radical (unpaired) electrons. The van der Waals surface area contributed by atoms with Crippen LogP contribution in [0.3, 0.4) is 0 Å². The molecule has 1 aromatic carbocycles. The van der Waals surface area contributed by atoms with Crippen molar-refractivity contribution in [1.29, 1.82) is 0 Å². The SMILES string of the molecule is COc1ccc(CNS(=O)(=O)c2ccc3c(c2)CCC3)cn1. The molecule has 5 nitrogen and oxygen atoms in total. The van der Waals surface area contributed by atoms with E-state index >= 15 is 0 Å². The summed E-state index contributed by atoms with van der Waals surface area (Å²) < 4.78 is 32.3. The van der Waals surface area contributed by atoms with Gasteiger partial charge < -0.3 is 4.74 Å². The second-order valence-corrected chi connectivity index (χ2v) is 7.08. The van der Waals surface area contributed by atoms with Crippen molar-refractivity contribution >= 4 is 10.0 Å². The van der Waals surface area contributed by atoms with Crippen LogP contribution >= 0.6 is 0 Å². The lowest BCUT2D eigenvalue weighted by molar-refractivity contribution is 0.397. The number of aromatic nitrogens is 1. The van der Waals surface area contributed by atoms with Gasteiger partial charge in [0.15, 0.2) is 0 Å². The molecule has 0 saturated carbocycles. The zero-order chi connectivity index (χ0) is 15.6. The second-order valence-electron chi connectivity index (χ2n) is 5.32. The Morgan fingerprint density at radius 3 is 2.73 bits per heavy atom. The van der Waals surface area contributed by atoms with Crippen LogP contribution in [0.2, 0.25) is 0 Å². The van der Waals surface area contributed by atoms with E-state index in [2.05, 4.69) is 9.71 Å². The third-order valence-corrected chi connectivity index (χ3v) is 5.25. The zero-order valence-corrected chi connectivity index (χ0v) is 13.2. The van der Waals surface area contributed by atoms with E-state index in [0.717, 1.165) is 30.4 Å². The third-order valence-electron chi connectivity index (χ3n) is 3.85. The molecular weight excluding hydrogens is 300 g/mol. The molecule has 0 fully saturated rings. The average Bonchev–Trinajstić information content (AvgIpc) is 3.01. The zero-order valence-electron chi connectivity index (χ0n) is 12.4. The van der Waals surface area contributed by atoms with Gasteiger partial charge in [0.2, 0.25) is 15.9 Å². The number of nitrogens with one attached hydrogen (secondary N) is 1. The summed E-state index contributed by atoms with van der Waals surface area (Å²) in [5.74, 6) is 0.505. The van der Waals surface area contributed by atoms with Crippen molar-refractivity contribution in [3.05, 3.63) is 53.2 Å². The van der Waals surface area contributed by atoms with Crippen molar-refractivity contribution in [2.24, 2.45) is 0 Å². The summed E-state index contributed by atoms with van der Waals surface area (Å²) in [6.07, 6.45) is 4.70. The number of rotatable bonds is 5. The largest absolute Gasteiger partial charge is 0.481 e. The monoisotopic (exact) mass is 318 g/mol. The number of hydrogen-bond donors (Lipinski definition) is 1. The maximum absolute atomic E-state index is 12.4. The van der Waals surface area contributed by atoms with Gasteiger partial charge in [0.1, 0.15) is 0 Å². The standard InChI is InChI=1S/C16H18N2O3S/c1-21-16-8-5-12(10-17-16)11-18-22(19,20)15-7-6-13-3-2-4-14(13)9-15/h5-10,18H,2-4,11H2,1H3. The highest BCUT2D eigenvalue weighted by Gasteiger charge is 2.18. The second kappa shape index (κ2) is 6.06. The minimum atomic E-state index is -3.50. The van der Waals surface area contributed by atoms with E-state index < -0.39 is 10.0 Å². The lowest BCUT2D eigenvalue weighted by Gasteiger charge is -2.09. The molecule has 0 saturated heterocycles. The van der Waals surface area contributed by atoms with Gasteiger partial charge in [-0.1, -0.05) is 12.1 Å². The van der Waals surface area contributed by atoms with Gasteiger partial charge in [-0.25, -0.2) is 18.1 Å².